The van der Waals surface area contributed by atoms with Gasteiger partial charge >= 0.3 is 5.97 Å². The number of esters is 1. The fourth-order valence-corrected chi connectivity index (χ4v) is 1.32. The van der Waals surface area contributed by atoms with Crippen molar-refractivity contribution < 1.29 is 19.0 Å². The van der Waals surface area contributed by atoms with Gasteiger partial charge < -0.3 is 15.2 Å². The van der Waals surface area contributed by atoms with Gasteiger partial charge in [0, 0.05) is 0 Å². The Labute approximate surface area is 104 Å². The third kappa shape index (κ3) is 3.18. The molecule has 0 heterocycles. The zero-order chi connectivity index (χ0) is 13.8. The van der Waals surface area contributed by atoms with Gasteiger partial charge in [-0.1, -0.05) is 0 Å². The molecule has 0 fully saturated rings. The molecule has 1 aromatic rings. The van der Waals surface area contributed by atoms with Crippen LogP contribution >= 0.6 is 0 Å². The van der Waals surface area contributed by atoms with Crippen molar-refractivity contribution in [3.05, 3.63) is 29.6 Å². The third-order valence-electron chi connectivity index (χ3n) is 2.35. The number of carbonyl (C=O) groups is 1. The molecular weight excluding hydrogens is 239 g/mol. The number of hydrogen-bond donors (Lipinski definition) is 2. The fraction of sp³-hybridized carbons (Fsp3) is 0.333. The summed E-state index contributed by atoms with van der Waals surface area (Å²) in [5, 5.41) is 21.3. The van der Waals surface area contributed by atoms with Crippen LogP contribution in [-0.4, -0.2) is 30.3 Å². The second kappa shape index (κ2) is 5.47. The predicted octanol–water partition coefficient (Wildman–Crippen LogP) is 1.03. The molecule has 6 heteroatoms. The molecule has 1 atom stereocenters. The maximum Gasteiger partial charge on any atom is 0.339 e. The second-order valence-electron chi connectivity index (χ2n) is 3.92. The van der Waals surface area contributed by atoms with Crippen molar-refractivity contribution in [1.82, 2.24) is 0 Å². The van der Waals surface area contributed by atoms with E-state index in [9.17, 15) is 14.3 Å². The summed E-state index contributed by atoms with van der Waals surface area (Å²) in [6.07, 6.45) is 0. The number of aliphatic hydroxyl groups is 1. The van der Waals surface area contributed by atoms with Crippen molar-refractivity contribution in [3.8, 4) is 6.07 Å². The number of methoxy groups -OCH3 is 1. The van der Waals surface area contributed by atoms with E-state index in [-0.39, 0.29) is 12.1 Å². The van der Waals surface area contributed by atoms with Gasteiger partial charge in [0.2, 0.25) is 0 Å². The smallest absolute Gasteiger partial charge is 0.339 e. The second-order valence-corrected chi connectivity index (χ2v) is 3.92. The first-order valence-corrected chi connectivity index (χ1v) is 5.15. The summed E-state index contributed by atoms with van der Waals surface area (Å²) in [6, 6.07) is 5.42. The number of nitriles is 1. The molecule has 1 aromatic carbocycles. The van der Waals surface area contributed by atoms with E-state index in [1.165, 1.54) is 19.1 Å². The molecule has 2 N–H and O–H groups in total. The predicted molar refractivity (Wildman–Crippen MR) is 62.2 cm³/mol. The first kappa shape index (κ1) is 13.9. The number of anilines is 1. The lowest BCUT2D eigenvalue weighted by atomic mass is 10.1. The summed E-state index contributed by atoms with van der Waals surface area (Å²) in [5.41, 5.74) is -1.30. The highest BCUT2D eigenvalue weighted by Gasteiger charge is 2.31. The minimum atomic E-state index is -1.73. The van der Waals surface area contributed by atoms with E-state index in [1.54, 1.807) is 0 Å². The molecule has 0 bridgehead atoms. The summed E-state index contributed by atoms with van der Waals surface area (Å²) in [7, 11) is 1.16. The molecule has 0 amide bonds. The van der Waals surface area contributed by atoms with E-state index in [4.69, 9.17) is 5.26 Å². The maximum absolute atomic E-state index is 12.9. The Kier molecular flexibility index (Phi) is 4.23. The monoisotopic (exact) mass is 252 g/mol. The van der Waals surface area contributed by atoms with Crippen LogP contribution in [0, 0.1) is 17.1 Å². The van der Waals surface area contributed by atoms with E-state index in [1.807, 2.05) is 6.07 Å². The van der Waals surface area contributed by atoms with Crippen LogP contribution in [0.3, 0.4) is 0 Å². The Morgan fingerprint density at radius 1 is 1.67 bits per heavy atom. The Hall–Kier alpha value is -2.13. The van der Waals surface area contributed by atoms with Crippen molar-refractivity contribution in [2.45, 2.75) is 12.5 Å². The molecule has 0 spiro atoms. The first-order chi connectivity index (χ1) is 8.40. The van der Waals surface area contributed by atoms with Crippen LogP contribution in [0.4, 0.5) is 10.1 Å². The zero-order valence-corrected chi connectivity index (χ0v) is 10.0. The van der Waals surface area contributed by atoms with Gasteiger partial charge in [-0.2, -0.15) is 5.26 Å². The lowest BCUT2D eigenvalue weighted by Gasteiger charge is -2.21. The van der Waals surface area contributed by atoms with Crippen LogP contribution in [0.5, 0.6) is 0 Å². The van der Waals surface area contributed by atoms with Gasteiger partial charge in [-0.05, 0) is 25.1 Å². The van der Waals surface area contributed by atoms with Crippen molar-refractivity contribution in [2.24, 2.45) is 0 Å². The van der Waals surface area contributed by atoms with Gasteiger partial charge in [0.25, 0.3) is 0 Å². The molecule has 0 aliphatic heterocycles. The van der Waals surface area contributed by atoms with E-state index >= 15 is 0 Å². The van der Waals surface area contributed by atoms with E-state index < -0.39 is 17.4 Å². The average molecular weight is 252 g/mol. The molecule has 0 aromatic heterocycles. The van der Waals surface area contributed by atoms with Crippen LogP contribution in [-0.2, 0) is 9.53 Å². The number of hydrogen-bond acceptors (Lipinski definition) is 5. The molecule has 5 nitrogen and oxygen atoms in total. The Balaban J connectivity index is 2.81. The summed E-state index contributed by atoms with van der Waals surface area (Å²) < 4.78 is 17.3. The summed E-state index contributed by atoms with van der Waals surface area (Å²) in [5.74, 6) is -1.33. The summed E-state index contributed by atoms with van der Waals surface area (Å²) in [4.78, 5) is 11.2. The van der Waals surface area contributed by atoms with Gasteiger partial charge in [-0.25, -0.2) is 9.18 Å². The molecule has 0 saturated carbocycles. The maximum atomic E-state index is 12.9. The van der Waals surface area contributed by atoms with Crippen molar-refractivity contribution in [2.75, 3.05) is 19.0 Å². The molecule has 1 unspecified atom stereocenters. The van der Waals surface area contributed by atoms with Crippen LogP contribution in [0.1, 0.15) is 12.5 Å². The number of carbonyl (C=O) groups excluding carboxylic acids is 1. The SMILES string of the molecule is COC(=O)C(C)(O)CNc1ccc(F)cc1C#N. The minimum absolute atomic E-state index is 0.0932. The molecule has 0 aliphatic rings. The highest BCUT2D eigenvalue weighted by atomic mass is 19.1. The van der Waals surface area contributed by atoms with E-state index in [0.717, 1.165) is 13.2 Å². The van der Waals surface area contributed by atoms with Gasteiger partial charge in [0.1, 0.15) is 11.9 Å². The van der Waals surface area contributed by atoms with Crippen LogP contribution in [0.15, 0.2) is 18.2 Å². The van der Waals surface area contributed by atoms with Crippen molar-refractivity contribution in [3.63, 3.8) is 0 Å². The third-order valence-corrected chi connectivity index (χ3v) is 2.35. The normalized spacial score (nSPS) is 13.3. The number of benzene rings is 1. The molecule has 0 radical (unpaired) electrons. The zero-order valence-electron chi connectivity index (χ0n) is 10.0. The van der Waals surface area contributed by atoms with Crippen molar-refractivity contribution >= 4 is 11.7 Å². The number of halogens is 1. The fourth-order valence-electron chi connectivity index (χ4n) is 1.32. The first-order valence-electron chi connectivity index (χ1n) is 5.15. The van der Waals surface area contributed by atoms with E-state index in [0.29, 0.717) is 5.69 Å². The lowest BCUT2D eigenvalue weighted by Crippen LogP contribution is -2.42. The van der Waals surface area contributed by atoms with Crippen molar-refractivity contribution in [1.29, 1.82) is 5.26 Å². The number of nitrogens with one attached hydrogen (secondary N) is 1. The Morgan fingerprint density at radius 3 is 2.89 bits per heavy atom. The van der Waals surface area contributed by atoms with Crippen LogP contribution in [0.25, 0.3) is 0 Å². The molecule has 1 rings (SSSR count). The molecule has 0 aliphatic carbocycles. The van der Waals surface area contributed by atoms with E-state index in [2.05, 4.69) is 10.1 Å². The van der Waals surface area contributed by atoms with Crippen LogP contribution < -0.4 is 5.32 Å². The summed E-state index contributed by atoms with van der Waals surface area (Å²) >= 11 is 0. The molecular formula is C12H13FN2O3. The Bertz CT molecular complexity index is 495. The standard InChI is InChI=1S/C12H13FN2O3/c1-12(17,11(16)18-2)7-15-10-4-3-9(13)5-8(10)6-14/h3-5,15,17H,7H2,1-2H3. The van der Waals surface area contributed by atoms with Gasteiger partial charge in [0.05, 0.1) is 24.9 Å². The highest BCUT2D eigenvalue weighted by Crippen LogP contribution is 2.17. The van der Waals surface area contributed by atoms with Gasteiger partial charge in [-0.3, -0.25) is 0 Å². The number of rotatable bonds is 4. The highest BCUT2D eigenvalue weighted by molar-refractivity contribution is 5.79. The van der Waals surface area contributed by atoms with Gasteiger partial charge in [-0.15, -0.1) is 0 Å². The average Bonchev–Trinajstić information content (AvgIpc) is 2.36. The summed E-state index contributed by atoms with van der Waals surface area (Å²) in [6.45, 7) is 1.13. The lowest BCUT2D eigenvalue weighted by molar-refractivity contribution is -0.158. The molecule has 96 valence electrons. The largest absolute Gasteiger partial charge is 0.467 e. The quantitative estimate of drug-likeness (QED) is 0.782. The minimum Gasteiger partial charge on any atom is -0.467 e. The Morgan fingerprint density at radius 2 is 2.33 bits per heavy atom. The topological polar surface area (TPSA) is 82.3 Å². The number of nitrogens with zero attached hydrogens (tertiary/aromatic N) is 1. The van der Waals surface area contributed by atoms with Crippen LogP contribution in [0.2, 0.25) is 0 Å². The number of ether oxygens (including phenoxy) is 1. The molecule has 0 saturated heterocycles. The van der Waals surface area contributed by atoms with Gasteiger partial charge in [0.15, 0.2) is 5.60 Å². The molecule has 18 heavy (non-hydrogen) atoms.